The Morgan fingerprint density at radius 2 is 1.82 bits per heavy atom. The van der Waals surface area contributed by atoms with Crippen molar-refractivity contribution in [3.8, 4) is 5.75 Å². The van der Waals surface area contributed by atoms with Gasteiger partial charge in [0, 0.05) is 25.7 Å². The number of ether oxygens (including phenoxy) is 1. The van der Waals surface area contributed by atoms with Crippen molar-refractivity contribution in [2.45, 2.75) is 45.3 Å². The topological polar surface area (TPSA) is 61.8 Å². The summed E-state index contributed by atoms with van der Waals surface area (Å²) in [6, 6.07) is 15.9. The molecule has 1 atom stereocenters. The zero-order chi connectivity index (χ0) is 20.0. The van der Waals surface area contributed by atoms with Crippen molar-refractivity contribution in [3.63, 3.8) is 0 Å². The number of anilines is 1. The zero-order valence-corrected chi connectivity index (χ0v) is 16.8. The lowest BCUT2D eigenvalue weighted by molar-refractivity contribution is -0.114. The van der Waals surface area contributed by atoms with Gasteiger partial charge in [0.1, 0.15) is 12.4 Å². The first-order chi connectivity index (χ1) is 13.4. The van der Waals surface area contributed by atoms with E-state index in [0.717, 1.165) is 43.9 Å². The van der Waals surface area contributed by atoms with E-state index in [9.17, 15) is 9.90 Å². The van der Waals surface area contributed by atoms with Gasteiger partial charge in [0.05, 0.1) is 5.60 Å². The van der Waals surface area contributed by atoms with Crippen LogP contribution in [0, 0.1) is 6.92 Å². The summed E-state index contributed by atoms with van der Waals surface area (Å²) in [5.74, 6) is 0.742. The van der Waals surface area contributed by atoms with Crippen LogP contribution < -0.4 is 10.1 Å². The van der Waals surface area contributed by atoms with Crippen LogP contribution in [0.25, 0.3) is 0 Å². The molecule has 1 heterocycles. The van der Waals surface area contributed by atoms with E-state index in [4.69, 9.17) is 4.74 Å². The van der Waals surface area contributed by atoms with Crippen LogP contribution in [0.5, 0.6) is 5.75 Å². The number of benzene rings is 2. The summed E-state index contributed by atoms with van der Waals surface area (Å²) in [5.41, 5.74) is 2.43. The van der Waals surface area contributed by atoms with Gasteiger partial charge >= 0.3 is 0 Å². The number of carbonyl (C=O) groups excluding carboxylic acids is 1. The number of aliphatic hydroxyl groups is 1. The number of carbonyl (C=O) groups is 1. The molecule has 0 saturated carbocycles. The zero-order valence-electron chi connectivity index (χ0n) is 16.8. The van der Waals surface area contributed by atoms with Gasteiger partial charge in [-0.3, -0.25) is 9.69 Å². The third-order valence-corrected chi connectivity index (χ3v) is 5.22. The summed E-state index contributed by atoms with van der Waals surface area (Å²) in [6.45, 7) is 6.52. The summed E-state index contributed by atoms with van der Waals surface area (Å²) in [4.78, 5) is 13.5. The first-order valence-corrected chi connectivity index (χ1v) is 9.93. The van der Waals surface area contributed by atoms with Crippen molar-refractivity contribution < 1.29 is 14.6 Å². The Kier molecular flexibility index (Phi) is 6.70. The van der Waals surface area contributed by atoms with Crippen molar-refractivity contribution in [2.75, 3.05) is 25.0 Å². The van der Waals surface area contributed by atoms with Gasteiger partial charge in [-0.2, -0.15) is 0 Å². The molecule has 0 unspecified atom stereocenters. The highest BCUT2D eigenvalue weighted by molar-refractivity contribution is 5.88. The number of hydrogen-bond acceptors (Lipinski definition) is 4. The third-order valence-electron chi connectivity index (χ3n) is 5.22. The molecule has 2 aromatic rings. The van der Waals surface area contributed by atoms with Gasteiger partial charge in [0.15, 0.2) is 0 Å². The van der Waals surface area contributed by atoms with E-state index in [-0.39, 0.29) is 5.91 Å². The molecule has 2 N–H and O–H groups in total. The van der Waals surface area contributed by atoms with Gasteiger partial charge in [-0.1, -0.05) is 29.8 Å². The molecule has 1 fully saturated rings. The van der Waals surface area contributed by atoms with Gasteiger partial charge in [-0.25, -0.2) is 0 Å². The fourth-order valence-corrected chi connectivity index (χ4v) is 3.54. The molecule has 1 amide bonds. The minimum atomic E-state index is -0.783. The fourth-order valence-electron chi connectivity index (χ4n) is 3.54. The van der Waals surface area contributed by atoms with Crippen molar-refractivity contribution in [1.82, 2.24) is 4.90 Å². The van der Waals surface area contributed by atoms with E-state index in [1.807, 2.05) is 55.5 Å². The van der Waals surface area contributed by atoms with Crippen molar-refractivity contribution >= 4 is 11.6 Å². The standard InChI is InChI=1S/C23H30N2O3/c1-18-4-10-22(11-5-18)28-17-23(27)12-3-14-25(15-13-23)16-20-6-8-21(9-7-20)24-19(2)26/h4-11,27H,3,12-17H2,1-2H3,(H,24,26)/t23-/m0/s1. The average Bonchev–Trinajstić information content (AvgIpc) is 2.85. The molecule has 5 nitrogen and oxygen atoms in total. The quantitative estimate of drug-likeness (QED) is 0.799. The Bertz CT molecular complexity index is 773. The van der Waals surface area contributed by atoms with Crippen LogP contribution >= 0.6 is 0 Å². The number of likely N-dealkylation sites (tertiary alicyclic amines) is 1. The fraction of sp³-hybridized carbons (Fsp3) is 0.435. The molecule has 28 heavy (non-hydrogen) atoms. The first-order valence-electron chi connectivity index (χ1n) is 9.93. The van der Waals surface area contributed by atoms with Crippen molar-refractivity contribution in [2.24, 2.45) is 0 Å². The summed E-state index contributed by atoms with van der Waals surface area (Å²) in [5, 5.41) is 13.8. The third kappa shape index (κ3) is 6.08. The minimum absolute atomic E-state index is 0.0626. The van der Waals surface area contributed by atoms with Gasteiger partial charge in [-0.05, 0) is 62.6 Å². The molecule has 0 aliphatic carbocycles. The minimum Gasteiger partial charge on any atom is -0.491 e. The molecule has 0 aromatic heterocycles. The Hall–Kier alpha value is -2.37. The van der Waals surface area contributed by atoms with Crippen LogP contribution in [0.1, 0.15) is 37.3 Å². The Morgan fingerprint density at radius 3 is 2.50 bits per heavy atom. The van der Waals surface area contributed by atoms with E-state index in [2.05, 4.69) is 10.2 Å². The highest BCUT2D eigenvalue weighted by atomic mass is 16.5. The maximum absolute atomic E-state index is 11.1. The van der Waals surface area contributed by atoms with Crippen molar-refractivity contribution in [3.05, 3.63) is 59.7 Å². The smallest absolute Gasteiger partial charge is 0.221 e. The van der Waals surface area contributed by atoms with Crippen LogP contribution in [0.4, 0.5) is 5.69 Å². The van der Waals surface area contributed by atoms with Gasteiger partial charge < -0.3 is 15.2 Å². The monoisotopic (exact) mass is 382 g/mol. The molecule has 0 bridgehead atoms. The van der Waals surface area contributed by atoms with Gasteiger partial charge in [-0.15, -0.1) is 0 Å². The SMILES string of the molecule is CC(=O)Nc1ccc(CN2CCC[C@@](O)(COc3ccc(C)cc3)CC2)cc1. The second-order valence-corrected chi connectivity index (χ2v) is 7.83. The molecule has 3 rings (SSSR count). The molecule has 0 radical (unpaired) electrons. The number of nitrogens with zero attached hydrogens (tertiary/aromatic N) is 1. The molecule has 1 aliphatic heterocycles. The van der Waals surface area contributed by atoms with E-state index < -0.39 is 5.60 Å². The number of rotatable bonds is 6. The van der Waals surface area contributed by atoms with Crippen molar-refractivity contribution in [1.29, 1.82) is 0 Å². The largest absolute Gasteiger partial charge is 0.491 e. The van der Waals surface area contributed by atoms with E-state index in [0.29, 0.717) is 13.0 Å². The lowest BCUT2D eigenvalue weighted by Gasteiger charge is -2.27. The van der Waals surface area contributed by atoms with Crippen LogP contribution in [-0.4, -0.2) is 41.2 Å². The highest BCUT2D eigenvalue weighted by Gasteiger charge is 2.31. The number of aryl methyl sites for hydroxylation is 1. The summed E-state index contributed by atoms with van der Waals surface area (Å²) in [7, 11) is 0. The molecule has 2 aromatic carbocycles. The van der Waals surface area contributed by atoms with Crippen LogP contribution in [0.2, 0.25) is 0 Å². The van der Waals surface area contributed by atoms with E-state index >= 15 is 0 Å². The molecule has 1 aliphatic rings. The van der Waals surface area contributed by atoms with E-state index in [1.165, 1.54) is 18.1 Å². The lowest BCUT2D eigenvalue weighted by atomic mass is 9.96. The van der Waals surface area contributed by atoms with Crippen LogP contribution in [0.15, 0.2) is 48.5 Å². The normalized spacial score (nSPS) is 20.4. The van der Waals surface area contributed by atoms with Gasteiger partial charge in [0.25, 0.3) is 0 Å². The molecule has 150 valence electrons. The Labute approximate surface area is 167 Å². The summed E-state index contributed by atoms with van der Waals surface area (Å²) in [6.07, 6.45) is 2.39. The summed E-state index contributed by atoms with van der Waals surface area (Å²) >= 11 is 0. The number of amides is 1. The first kappa shape index (κ1) is 20.4. The van der Waals surface area contributed by atoms with Crippen LogP contribution in [0.3, 0.4) is 0 Å². The maximum Gasteiger partial charge on any atom is 0.221 e. The molecule has 5 heteroatoms. The highest BCUT2D eigenvalue weighted by Crippen LogP contribution is 2.25. The van der Waals surface area contributed by atoms with Gasteiger partial charge in [0.2, 0.25) is 5.91 Å². The molecule has 1 saturated heterocycles. The Morgan fingerprint density at radius 1 is 1.11 bits per heavy atom. The number of nitrogens with one attached hydrogen (secondary N) is 1. The molecule has 0 spiro atoms. The maximum atomic E-state index is 11.1. The second kappa shape index (κ2) is 9.22. The predicted molar refractivity (Wildman–Crippen MR) is 111 cm³/mol. The summed E-state index contributed by atoms with van der Waals surface area (Å²) < 4.78 is 5.85. The number of hydrogen-bond donors (Lipinski definition) is 2. The molecular weight excluding hydrogens is 352 g/mol. The van der Waals surface area contributed by atoms with Crippen LogP contribution in [-0.2, 0) is 11.3 Å². The van der Waals surface area contributed by atoms with E-state index in [1.54, 1.807) is 0 Å². The lowest BCUT2D eigenvalue weighted by Crippen LogP contribution is -2.37. The Balaban J connectivity index is 1.50. The molecular formula is C23H30N2O3. The predicted octanol–water partition coefficient (Wildman–Crippen LogP) is 3.75. The average molecular weight is 383 g/mol. The second-order valence-electron chi connectivity index (χ2n) is 7.83.